The molecular formula is C24H27N3O4. The lowest BCUT2D eigenvalue weighted by atomic mass is 10.0. The van der Waals surface area contributed by atoms with Crippen molar-refractivity contribution in [3.8, 4) is 5.75 Å². The Morgan fingerprint density at radius 1 is 1.23 bits per heavy atom. The van der Waals surface area contributed by atoms with E-state index in [-0.39, 0.29) is 17.9 Å². The summed E-state index contributed by atoms with van der Waals surface area (Å²) in [6.45, 7) is 2.69. The monoisotopic (exact) mass is 421 g/mol. The summed E-state index contributed by atoms with van der Waals surface area (Å²) in [5.74, 6) is 0.131. The fourth-order valence-corrected chi connectivity index (χ4v) is 3.83. The van der Waals surface area contributed by atoms with Crippen LogP contribution in [0.3, 0.4) is 0 Å². The molecule has 3 aromatic rings. The van der Waals surface area contributed by atoms with Crippen molar-refractivity contribution < 1.29 is 19.1 Å². The molecule has 1 aliphatic rings. The van der Waals surface area contributed by atoms with Crippen molar-refractivity contribution in [1.29, 1.82) is 0 Å². The van der Waals surface area contributed by atoms with Crippen LogP contribution in [0.5, 0.6) is 5.75 Å². The fraction of sp³-hybridized carbons (Fsp3) is 0.333. The topological polar surface area (TPSA) is 92.5 Å². The second-order valence-corrected chi connectivity index (χ2v) is 7.78. The van der Waals surface area contributed by atoms with Crippen LogP contribution < -0.4 is 15.4 Å². The zero-order valence-corrected chi connectivity index (χ0v) is 17.5. The minimum absolute atomic E-state index is 0.124. The number of fused-ring (bicyclic) bond motifs is 1. The molecule has 2 atom stereocenters. The summed E-state index contributed by atoms with van der Waals surface area (Å²) in [6, 6.07) is 14.4. The summed E-state index contributed by atoms with van der Waals surface area (Å²) >= 11 is 0. The highest BCUT2D eigenvalue weighted by molar-refractivity contribution is 5.97. The molecule has 1 saturated heterocycles. The Labute approximate surface area is 181 Å². The first-order valence-electron chi connectivity index (χ1n) is 10.6. The summed E-state index contributed by atoms with van der Waals surface area (Å²) in [7, 11) is 0. The number of amides is 2. The lowest BCUT2D eigenvalue weighted by Crippen LogP contribution is -2.44. The number of aromatic nitrogens is 1. The van der Waals surface area contributed by atoms with Gasteiger partial charge in [0.25, 0.3) is 0 Å². The molecule has 2 aromatic carbocycles. The number of ether oxygens (including phenoxy) is 2. The quantitative estimate of drug-likeness (QED) is 0.520. The molecule has 2 amide bonds. The van der Waals surface area contributed by atoms with E-state index in [4.69, 9.17) is 9.47 Å². The average Bonchev–Trinajstić information content (AvgIpc) is 3.42. The van der Waals surface area contributed by atoms with E-state index in [1.165, 1.54) is 6.92 Å². The minimum atomic E-state index is -0.701. The van der Waals surface area contributed by atoms with Gasteiger partial charge in [-0.25, -0.2) is 0 Å². The van der Waals surface area contributed by atoms with E-state index < -0.39 is 6.04 Å². The van der Waals surface area contributed by atoms with Crippen molar-refractivity contribution in [3.05, 3.63) is 60.3 Å². The van der Waals surface area contributed by atoms with Crippen molar-refractivity contribution in [3.63, 3.8) is 0 Å². The molecule has 0 bridgehead atoms. The van der Waals surface area contributed by atoms with Crippen LogP contribution in [0, 0.1) is 0 Å². The van der Waals surface area contributed by atoms with Crippen molar-refractivity contribution in [2.75, 3.05) is 18.5 Å². The van der Waals surface area contributed by atoms with Gasteiger partial charge in [-0.05, 0) is 36.6 Å². The second kappa shape index (κ2) is 9.66. The summed E-state index contributed by atoms with van der Waals surface area (Å²) in [6.07, 6.45) is 4.45. The Balaban J connectivity index is 1.43. The van der Waals surface area contributed by atoms with Gasteiger partial charge in [0, 0.05) is 48.8 Å². The minimum Gasteiger partial charge on any atom is -0.491 e. The van der Waals surface area contributed by atoms with Crippen LogP contribution >= 0.6 is 0 Å². The largest absolute Gasteiger partial charge is 0.491 e. The number of nitrogens with one attached hydrogen (secondary N) is 3. The second-order valence-electron chi connectivity index (χ2n) is 7.78. The maximum Gasteiger partial charge on any atom is 0.247 e. The average molecular weight is 421 g/mol. The Hall–Kier alpha value is -3.32. The molecule has 1 aromatic heterocycles. The Morgan fingerprint density at radius 2 is 2.10 bits per heavy atom. The molecule has 4 rings (SSSR count). The molecule has 2 heterocycles. The molecule has 1 fully saturated rings. The molecular weight excluding hydrogens is 394 g/mol. The molecule has 7 heteroatoms. The number of benzene rings is 2. The van der Waals surface area contributed by atoms with E-state index in [9.17, 15) is 9.59 Å². The maximum atomic E-state index is 13.0. The Bertz CT molecular complexity index is 1060. The highest BCUT2D eigenvalue weighted by atomic mass is 16.5. The molecule has 162 valence electrons. The Kier molecular flexibility index (Phi) is 6.52. The third-order valence-corrected chi connectivity index (χ3v) is 5.35. The van der Waals surface area contributed by atoms with Crippen LogP contribution in [0.4, 0.5) is 5.69 Å². The number of para-hydroxylation sites is 1. The SMILES string of the molecule is CC(=O)N[C@@H](Cc1c[nH]c2ccccc12)C(=O)Nc1cccc(OC[C@@H]2CCCO2)c1. The van der Waals surface area contributed by atoms with Crippen molar-refractivity contribution in [2.45, 2.75) is 38.3 Å². The zero-order chi connectivity index (χ0) is 21.6. The molecule has 0 aliphatic carbocycles. The molecule has 1 aliphatic heterocycles. The number of hydrogen-bond acceptors (Lipinski definition) is 4. The van der Waals surface area contributed by atoms with E-state index in [0.717, 1.165) is 35.9 Å². The molecule has 0 saturated carbocycles. The van der Waals surface area contributed by atoms with Gasteiger partial charge in [0.2, 0.25) is 11.8 Å². The van der Waals surface area contributed by atoms with E-state index in [1.807, 2.05) is 42.6 Å². The van der Waals surface area contributed by atoms with Crippen LogP contribution in [0.1, 0.15) is 25.3 Å². The first-order chi connectivity index (χ1) is 15.1. The van der Waals surface area contributed by atoms with E-state index >= 15 is 0 Å². The van der Waals surface area contributed by atoms with Gasteiger partial charge in [-0.1, -0.05) is 24.3 Å². The lowest BCUT2D eigenvalue weighted by Gasteiger charge is -2.18. The fourth-order valence-electron chi connectivity index (χ4n) is 3.83. The summed E-state index contributed by atoms with van der Waals surface area (Å²) in [4.78, 5) is 27.9. The molecule has 0 unspecified atom stereocenters. The summed E-state index contributed by atoms with van der Waals surface area (Å²) < 4.78 is 11.4. The maximum absolute atomic E-state index is 13.0. The molecule has 0 radical (unpaired) electrons. The normalized spacial score (nSPS) is 16.7. The number of anilines is 1. The van der Waals surface area contributed by atoms with Crippen LogP contribution in [0.2, 0.25) is 0 Å². The predicted octanol–water partition coefficient (Wildman–Crippen LogP) is 3.41. The van der Waals surface area contributed by atoms with E-state index in [2.05, 4.69) is 15.6 Å². The first kappa shape index (κ1) is 20.9. The molecule has 7 nitrogen and oxygen atoms in total. The van der Waals surface area contributed by atoms with Crippen LogP contribution in [-0.2, 0) is 20.7 Å². The van der Waals surface area contributed by atoms with Gasteiger partial charge in [-0.15, -0.1) is 0 Å². The van der Waals surface area contributed by atoms with Gasteiger partial charge >= 0.3 is 0 Å². The highest BCUT2D eigenvalue weighted by Gasteiger charge is 2.22. The summed E-state index contributed by atoms with van der Waals surface area (Å²) in [5.41, 5.74) is 2.58. The number of hydrogen-bond donors (Lipinski definition) is 3. The number of H-pyrrole nitrogens is 1. The van der Waals surface area contributed by atoms with Crippen LogP contribution in [0.15, 0.2) is 54.7 Å². The van der Waals surface area contributed by atoms with Gasteiger partial charge in [0.15, 0.2) is 0 Å². The smallest absolute Gasteiger partial charge is 0.247 e. The number of carbonyl (C=O) groups excluding carboxylic acids is 2. The third kappa shape index (κ3) is 5.44. The number of aromatic amines is 1. The van der Waals surface area contributed by atoms with Gasteiger partial charge in [-0.3, -0.25) is 9.59 Å². The first-order valence-corrected chi connectivity index (χ1v) is 10.6. The number of rotatable bonds is 8. The lowest BCUT2D eigenvalue weighted by molar-refractivity contribution is -0.125. The van der Waals surface area contributed by atoms with Crippen molar-refractivity contribution in [1.82, 2.24) is 10.3 Å². The number of carbonyl (C=O) groups is 2. The van der Waals surface area contributed by atoms with Crippen molar-refractivity contribution in [2.24, 2.45) is 0 Å². The standard InChI is InChI=1S/C24H27N3O4/c1-16(28)26-23(12-17-14-25-22-10-3-2-9-21(17)22)24(29)27-18-6-4-7-19(13-18)31-15-20-8-5-11-30-20/h2-4,6-7,9-10,13-14,20,23,25H,5,8,11-12,15H2,1H3,(H,26,28)(H,27,29)/t20-,23-/m0/s1. The van der Waals surface area contributed by atoms with Crippen LogP contribution in [0.25, 0.3) is 10.9 Å². The summed E-state index contributed by atoms with van der Waals surface area (Å²) in [5, 5.41) is 6.71. The van der Waals surface area contributed by atoms with Gasteiger partial charge in [0.1, 0.15) is 18.4 Å². The van der Waals surface area contributed by atoms with Gasteiger partial charge in [0.05, 0.1) is 6.10 Å². The molecule has 3 N–H and O–H groups in total. The van der Waals surface area contributed by atoms with Crippen molar-refractivity contribution >= 4 is 28.4 Å². The molecule has 0 spiro atoms. The highest BCUT2D eigenvalue weighted by Crippen LogP contribution is 2.22. The van der Waals surface area contributed by atoms with E-state index in [0.29, 0.717) is 24.5 Å². The van der Waals surface area contributed by atoms with E-state index in [1.54, 1.807) is 12.1 Å². The Morgan fingerprint density at radius 3 is 2.90 bits per heavy atom. The zero-order valence-electron chi connectivity index (χ0n) is 17.5. The predicted molar refractivity (Wildman–Crippen MR) is 119 cm³/mol. The molecule has 31 heavy (non-hydrogen) atoms. The third-order valence-electron chi connectivity index (χ3n) is 5.35. The van der Waals surface area contributed by atoms with Gasteiger partial charge in [-0.2, -0.15) is 0 Å². The van der Waals surface area contributed by atoms with Gasteiger partial charge < -0.3 is 25.1 Å². The van der Waals surface area contributed by atoms with Crippen LogP contribution in [-0.4, -0.2) is 42.2 Å².